The smallest absolute Gasteiger partial charge is 0.337 e. The fourth-order valence-electron chi connectivity index (χ4n) is 6.23. The van der Waals surface area contributed by atoms with E-state index in [2.05, 4.69) is 10.6 Å². The lowest BCUT2D eigenvalue weighted by Crippen LogP contribution is -2.50. The number of carbonyl (C=O) groups is 3. The van der Waals surface area contributed by atoms with E-state index in [0.717, 1.165) is 0 Å². The molecule has 7 nitrogen and oxygen atoms in total. The highest BCUT2D eigenvalue weighted by Gasteiger charge is 2.65. The predicted molar refractivity (Wildman–Crippen MR) is 140 cm³/mol. The number of nitrogens with zero attached hydrogens (tertiary/aromatic N) is 1. The molecule has 3 aliphatic rings. The van der Waals surface area contributed by atoms with Gasteiger partial charge < -0.3 is 15.0 Å². The van der Waals surface area contributed by atoms with Crippen LogP contribution in [0.5, 0.6) is 0 Å². The first kappa shape index (κ1) is 24.9. The monoisotopic (exact) mass is 553 g/mol. The van der Waals surface area contributed by atoms with E-state index in [1.807, 2.05) is 0 Å². The number of amides is 2. The maximum atomic E-state index is 15.7. The molecule has 2 N–H and O–H groups in total. The van der Waals surface area contributed by atoms with Crippen molar-refractivity contribution in [2.24, 2.45) is 0 Å². The van der Waals surface area contributed by atoms with Gasteiger partial charge in [-0.2, -0.15) is 0 Å². The van der Waals surface area contributed by atoms with Crippen LogP contribution < -0.4 is 10.6 Å². The van der Waals surface area contributed by atoms with Crippen LogP contribution in [0.4, 0.5) is 10.1 Å². The molecule has 6 rings (SSSR count). The molecule has 194 valence electrons. The summed E-state index contributed by atoms with van der Waals surface area (Å²) in [5.41, 5.74) is 0.777. The van der Waals surface area contributed by atoms with Gasteiger partial charge in [0.05, 0.1) is 23.7 Å². The lowest BCUT2D eigenvalue weighted by Gasteiger charge is -2.36. The Morgan fingerprint density at radius 3 is 2.55 bits per heavy atom. The van der Waals surface area contributed by atoms with Crippen LogP contribution >= 0.6 is 23.2 Å². The van der Waals surface area contributed by atoms with Gasteiger partial charge in [0.2, 0.25) is 5.91 Å². The third-order valence-electron chi connectivity index (χ3n) is 7.82. The summed E-state index contributed by atoms with van der Waals surface area (Å²) in [6.45, 7) is 0.407. The molecule has 3 heterocycles. The number of halogens is 3. The lowest BCUT2D eigenvalue weighted by molar-refractivity contribution is -0.122. The van der Waals surface area contributed by atoms with E-state index in [-0.39, 0.29) is 28.4 Å². The van der Waals surface area contributed by atoms with Gasteiger partial charge >= 0.3 is 5.97 Å². The number of nitrogens with one attached hydrogen (secondary N) is 2. The van der Waals surface area contributed by atoms with E-state index in [4.69, 9.17) is 27.9 Å². The summed E-state index contributed by atoms with van der Waals surface area (Å²) < 4.78 is 20.4. The van der Waals surface area contributed by atoms with Crippen molar-refractivity contribution in [2.75, 3.05) is 19.0 Å². The number of fused-ring (bicyclic) bond motifs is 3. The molecule has 4 atom stereocenters. The molecule has 3 aromatic rings. The number of benzene rings is 3. The SMILES string of the molecule is COC(=O)c1ccc(C(=O)N2CC[C@@H]3N[C@@]4(C(=O)Nc5cc(Cl)ccc54)[C@@H](c4cccc(Cl)c4F)C32)cc1. The van der Waals surface area contributed by atoms with E-state index >= 15 is 4.39 Å². The van der Waals surface area contributed by atoms with Crippen molar-refractivity contribution in [3.63, 3.8) is 0 Å². The van der Waals surface area contributed by atoms with Gasteiger partial charge in [0, 0.05) is 40.3 Å². The zero-order chi connectivity index (χ0) is 26.8. The second-order valence-corrected chi connectivity index (χ2v) is 10.5. The molecule has 38 heavy (non-hydrogen) atoms. The second kappa shape index (κ2) is 9.08. The Kier molecular flexibility index (Phi) is 5.94. The first-order chi connectivity index (χ1) is 18.3. The van der Waals surface area contributed by atoms with Crippen LogP contribution in [0.3, 0.4) is 0 Å². The molecule has 0 radical (unpaired) electrons. The highest BCUT2D eigenvalue weighted by atomic mass is 35.5. The molecule has 0 aliphatic carbocycles. The zero-order valence-corrected chi connectivity index (χ0v) is 21.6. The van der Waals surface area contributed by atoms with Crippen molar-refractivity contribution < 1.29 is 23.5 Å². The second-order valence-electron chi connectivity index (χ2n) is 9.67. The van der Waals surface area contributed by atoms with Gasteiger partial charge in [0.1, 0.15) is 11.4 Å². The number of carbonyl (C=O) groups excluding carboxylic acids is 3. The molecule has 2 amide bonds. The molecular weight excluding hydrogens is 532 g/mol. The lowest BCUT2D eigenvalue weighted by atomic mass is 9.74. The molecule has 2 fully saturated rings. The third-order valence-corrected chi connectivity index (χ3v) is 8.34. The van der Waals surface area contributed by atoms with Crippen molar-refractivity contribution >= 4 is 46.7 Å². The molecule has 2 saturated heterocycles. The quantitative estimate of drug-likeness (QED) is 0.457. The molecule has 0 bridgehead atoms. The van der Waals surface area contributed by atoms with Gasteiger partial charge in [-0.15, -0.1) is 0 Å². The van der Waals surface area contributed by atoms with Crippen molar-refractivity contribution in [3.8, 4) is 0 Å². The van der Waals surface area contributed by atoms with E-state index in [1.165, 1.54) is 25.3 Å². The van der Waals surface area contributed by atoms with Crippen molar-refractivity contribution in [1.82, 2.24) is 10.2 Å². The van der Waals surface area contributed by atoms with Crippen LogP contribution in [-0.4, -0.2) is 48.4 Å². The van der Waals surface area contributed by atoms with Crippen LogP contribution in [0.15, 0.2) is 60.7 Å². The van der Waals surface area contributed by atoms with Crippen LogP contribution in [0, 0.1) is 5.82 Å². The van der Waals surface area contributed by atoms with Crippen LogP contribution in [0.25, 0.3) is 0 Å². The summed E-state index contributed by atoms with van der Waals surface area (Å²) in [5.74, 6) is -2.54. The van der Waals surface area contributed by atoms with Gasteiger partial charge in [-0.05, 0) is 54.4 Å². The summed E-state index contributed by atoms with van der Waals surface area (Å²) in [6, 6.07) is 15.2. The minimum atomic E-state index is -1.34. The Morgan fingerprint density at radius 2 is 1.82 bits per heavy atom. The predicted octanol–water partition coefficient (Wildman–Crippen LogP) is 4.74. The average molecular weight is 554 g/mol. The summed E-state index contributed by atoms with van der Waals surface area (Å²) in [6.07, 6.45) is 0.563. The van der Waals surface area contributed by atoms with Crippen molar-refractivity contribution in [2.45, 2.75) is 30.0 Å². The highest BCUT2D eigenvalue weighted by molar-refractivity contribution is 6.31. The van der Waals surface area contributed by atoms with Gasteiger partial charge in [0.15, 0.2) is 0 Å². The minimum absolute atomic E-state index is 0.0647. The molecule has 1 unspecified atom stereocenters. The number of anilines is 1. The fraction of sp³-hybridized carbons (Fsp3) is 0.250. The Labute approximate surface area is 227 Å². The molecule has 0 saturated carbocycles. The van der Waals surface area contributed by atoms with Crippen molar-refractivity contribution in [3.05, 3.63) is 98.8 Å². The summed E-state index contributed by atoms with van der Waals surface area (Å²) in [5, 5.41) is 6.79. The third kappa shape index (κ3) is 3.55. The highest BCUT2D eigenvalue weighted by Crippen LogP contribution is 2.55. The summed E-state index contributed by atoms with van der Waals surface area (Å²) >= 11 is 12.4. The van der Waals surface area contributed by atoms with Crippen LogP contribution in [0.2, 0.25) is 10.0 Å². The van der Waals surface area contributed by atoms with E-state index < -0.39 is 29.3 Å². The average Bonchev–Trinajstić information content (AvgIpc) is 3.55. The van der Waals surface area contributed by atoms with E-state index in [9.17, 15) is 14.4 Å². The fourth-order valence-corrected chi connectivity index (χ4v) is 6.58. The van der Waals surface area contributed by atoms with E-state index in [1.54, 1.807) is 47.4 Å². The number of hydrogen-bond acceptors (Lipinski definition) is 5. The topological polar surface area (TPSA) is 87.7 Å². The van der Waals surface area contributed by atoms with Gasteiger partial charge in [-0.1, -0.05) is 41.4 Å². The molecule has 1 spiro atoms. The standard InChI is InChI=1S/C28H22Cl2FN3O4/c1-38-26(36)15-7-5-14(6-8-15)25(35)34-12-11-20-24(34)22(17-3-2-4-19(30)23(17)31)28(33-20)18-10-9-16(29)13-21(18)32-27(28)37/h2-10,13,20,22,24,33H,11-12H2,1H3,(H,32,37)/t20-,22-,24?,28+/m0/s1. The summed E-state index contributed by atoms with van der Waals surface area (Å²) in [7, 11) is 1.29. The first-order valence-corrected chi connectivity index (χ1v) is 12.8. The first-order valence-electron chi connectivity index (χ1n) is 12.1. The van der Waals surface area contributed by atoms with Gasteiger partial charge in [-0.25, -0.2) is 9.18 Å². The maximum absolute atomic E-state index is 15.7. The molecule has 3 aromatic carbocycles. The number of hydrogen-bond donors (Lipinski definition) is 2. The minimum Gasteiger partial charge on any atom is -0.465 e. The number of methoxy groups -OCH3 is 1. The molecule has 3 aliphatic heterocycles. The Bertz CT molecular complexity index is 1500. The summed E-state index contributed by atoms with van der Waals surface area (Å²) in [4.78, 5) is 41.0. The van der Waals surface area contributed by atoms with Gasteiger partial charge in [-0.3, -0.25) is 14.9 Å². The van der Waals surface area contributed by atoms with Crippen LogP contribution in [0.1, 0.15) is 44.2 Å². The number of likely N-dealkylation sites (tertiary alicyclic amines) is 1. The Balaban J connectivity index is 1.47. The normalized spacial score (nSPS) is 25.3. The Hall–Kier alpha value is -3.46. The maximum Gasteiger partial charge on any atom is 0.337 e. The van der Waals surface area contributed by atoms with Gasteiger partial charge in [0.25, 0.3) is 5.91 Å². The largest absolute Gasteiger partial charge is 0.465 e. The number of ether oxygens (including phenoxy) is 1. The zero-order valence-electron chi connectivity index (χ0n) is 20.1. The number of rotatable bonds is 3. The molecule has 10 heteroatoms. The van der Waals surface area contributed by atoms with Crippen molar-refractivity contribution in [1.29, 1.82) is 0 Å². The van der Waals surface area contributed by atoms with Crippen LogP contribution in [-0.2, 0) is 15.1 Å². The molecular formula is C28H22Cl2FN3O4. The van der Waals surface area contributed by atoms with E-state index in [0.29, 0.717) is 40.4 Å². The number of esters is 1. The Morgan fingerprint density at radius 1 is 1.08 bits per heavy atom. The molecule has 0 aromatic heterocycles.